The van der Waals surface area contributed by atoms with Gasteiger partial charge >= 0.3 is 5.97 Å². The third-order valence-electron chi connectivity index (χ3n) is 4.72. The van der Waals surface area contributed by atoms with Gasteiger partial charge < -0.3 is 15.2 Å². The summed E-state index contributed by atoms with van der Waals surface area (Å²) in [6.07, 6.45) is 5.05. The van der Waals surface area contributed by atoms with Gasteiger partial charge in [-0.05, 0) is 42.0 Å². The Hall–Kier alpha value is -3.93. The molecule has 0 saturated carbocycles. The quantitative estimate of drug-likeness (QED) is 0.498. The van der Waals surface area contributed by atoms with Crippen LogP contribution in [0.1, 0.15) is 27.5 Å². The fourth-order valence-electron chi connectivity index (χ4n) is 3.30. The molecule has 6 heteroatoms. The van der Waals surface area contributed by atoms with Crippen LogP contribution < -0.4 is 5.32 Å². The second kappa shape index (κ2) is 7.98. The molecule has 0 spiro atoms. The molecule has 0 fully saturated rings. The van der Waals surface area contributed by atoms with E-state index in [0.29, 0.717) is 16.6 Å². The van der Waals surface area contributed by atoms with Gasteiger partial charge in [-0.3, -0.25) is 9.97 Å². The van der Waals surface area contributed by atoms with Crippen LogP contribution in [0.25, 0.3) is 10.9 Å². The Morgan fingerprint density at radius 1 is 1.03 bits per heavy atom. The first-order valence-electron chi connectivity index (χ1n) is 9.09. The predicted octanol–water partition coefficient (Wildman–Crippen LogP) is 4.32. The fraction of sp³-hybridized carbons (Fsp3) is 0.0870. The van der Waals surface area contributed by atoms with Gasteiger partial charge in [0.2, 0.25) is 0 Å². The normalized spacial score (nSPS) is 11.8. The fourth-order valence-corrected chi connectivity index (χ4v) is 3.30. The Morgan fingerprint density at radius 3 is 2.66 bits per heavy atom. The SMILES string of the molecule is COC(=O)c1cccc(N[C@H](c2ccncc2)c2ccc3cccnc3c2O)c1. The molecule has 29 heavy (non-hydrogen) atoms. The van der Waals surface area contributed by atoms with Crippen molar-refractivity contribution in [1.29, 1.82) is 0 Å². The number of fused-ring (bicyclic) bond motifs is 1. The number of carbonyl (C=O) groups is 1. The highest BCUT2D eigenvalue weighted by atomic mass is 16.5. The van der Waals surface area contributed by atoms with Crippen molar-refractivity contribution in [1.82, 2.24) is 9.97 Å². The van der Waals surface area contributed by atoms with Crippen molar-refractivity contribution < 1.29 is 14.6 Å². The summed E-state index contributed by atoms with van der Waals surface area (Å²) in [6, 6.07) is 18.0. The van der Waals surface area contributed by atoms with Gasteiger partial charge in [0.05, 0.1) is 18.7 Å². The van der Waals surface area contributed by atoms with Crippen LogP contribution >= 0.6 is 0 Å². The maximum absolute atomic E-state index is 11.9. The van der Waals surface area contributed by atoms with Crippen LogP contribution in [0, 0.1) is 0 Å². The Morgan fingerprint density at radius 2 is 1.86 bits per heavy atom. The van der Waals surface area contributed by atoms with Crippen molar-refractivity contribution in [3.8, 4) is 5.75 Å². The molecule has 1 atom stereocenters. The minimum Gasteiger partial charge on any atom is -0.505 e. The number of hydrogen-bond donors (Lipinski definition) is 2. The monoisotopic (exact) mass is 385 g/mol. The van der Waals surface area contributed by atoms with Crippen molar-refractivity contribution in [2.75, 3.05) is 12.4 Å². The van der Waals surface area contributed by atoms with E-state index in [4.69, 9.17) is 4.74 Å². The van der Waals surface area contributed by atoms with Gasteiger partial charge in [-0.15, -0.1) is 0 Å². The highest BCUT2D eigenvalue weighted by Gasteiger charge is 2.20. The Bertz CT molecular complexity index is 1160. The van der Waals surface area contributed by atoms with E-state index < -0.39 is 5.97 Å². The van der Waals surface area contributed by atoms with E-state index >= 15 is 0 Å². The average molecular weight is 385 g/mol. The van der Waals surface area contributed by atoms with Crippen LogP contribution in [-0.4, -0.2) is 28.2 Å². The van der Waals surface area contributed by atoms with Crippen molar-refractivity contribution in [2.24, 2.45) is 0 Å². The Kier molecular flexibility index (Phi) is 5.07. The van der Waals surface area contributed by atoms with Crippen LogP contribution in [0.3, 0.4) is 0 Å². The van der Waals surface area contributed by atoms with Gasteiger partial charge in [-0.1, -0.05) is 24.3 Å². The van der Waals surface area contributed by atoms with Crippen molar-refractivity contribution >= 4 is 22.6 Å². The number of carbonyl (C=O) groups excluding carboxylic acids is 1. The summed E-state index contributed by atoms with van der Waals surface area (Å²) in [4.78, 5) is 20.3. The lowest BCUT2D eigenvalue weighted by molar-refractivity contribution is 0.0601. The zero-order chi connectivity index (χ0) is 20.2. The number of aromatic nitrogens is 2. The largest absolute Gasteiger partial charge is 0.505 e. The molecule has 4 rings (SSSR count). The third kappa shape index (κ3) is 3.73. The molecule has 0 unspecified atom stereocenters. The molecular formula is C23H19N3O3. The molecule has 0 radical (unpaired) electrons. The van der Waals surface area contributed by atoms with Gasteiger partial charge in [-0.25, -0.2) is 4.79 Å². The van der Waals surface area contributed by atoms with Crippen LogP contribution in [0.15, 0.2) is 79.3 Å². The maximum atomic E-state index is 11.9. The number of esters is 1. The number of phenols is 1. The first kappa shape index (κ1) is 18.4. The molecule has 0 bridgehead atoms. The highest BCUT2D eigenvalue weighted by molar-refractivity contribution is 5.90. The molecule has 144 valence electrons. The van der Waals surface area contributed by atoms with Crippen LogP contribution in [0.5, 0.6) is 5.75 Å². The summed E-state index contributed by atoms with van der Waals surface area (Å²) in [5, 5.41) is 15.2. The number of hydrogen-bond acceptors (Lipinski definition) is 6. The number of methoxy groups -OCH3 is 1. The summed E-state index contributed by atoms with van der Waals surface area (Å²) in [6.45, 7) is 0. The highest BCUT2D eigenvalue weighted by Crippen LogP contribution is 2.36. The minimum atomic E-state index is -0.410. The number of anilines is 1. The van der Waals surface area contributed by atoms with Crippen molar-refractivity contribution in [3.05, 3.63) is 95.9 Å². The maximum Gasteiger partial charge on any atom is 0.337 e. The van der Waals surface area contributed by atoms with E-state index in [1.54, 1.807) is 36.8 Å². The smallest absolute Gasteiger partial charge is 0.337 e. The Labute approximate surface area is 167 Å². The summed E-state index contributed by atoms with van der Waals surface area (Å²) in [5.74, 6) is -0.298. The number of nitrogens with zero attached hydrogens (tertiary/aromatic N) is 2. The summed E-state index contributed by atoms with van der Waals surface area (Å²) < 4.78 is 4.81. The minimum absolute atomic E-state index is 0.113. The summed E-state index contributed by atoms with van der Waals surface area (Å²) >= 11 is 0. The zero-order valence-electron chi connectivity index (χ0n) is 15.7. The first-order chi connectivity index (χ1) is 14.2. The second-order valence-electron chi connectivity index (χ2n) is 6.51. The van der Waals surface area contributed by atoms with Crippen LogP contribution in [-0.2, 0) is 4.74 Å². The second-order valence-corrected chi connectivity index (χ2v) is 6.51. The lowest BCUT2D eigenvalue weighted by Gasteiger charge is -2.22. The molecule has 6 nitrogen and oxygen atoms in total. The standard InChI is InChI=1S/C23H19N3O3/c1-29-23(28)17-4-2-6-18(14-17)26-20(16-9-12-24-13-10-16)19-8-7-15-5-3-11-25-21(15)22(19)27/h2-14,20,26-27H,1H3/t20-/m1/s1. The summed E-state index contributed by atoms with van der Waals surface area (Å²) in [7, 11) is 1.35. The summed E-state index contributed by atoms with van der Waals surface area (Å²) in [5.41, 5.74) is 3.28. The lowest BCUT2D eigenvalue weighted by Crippen LogP contribution is -2.13. The molecule has 0 saturated heterocycles. The average Bonchev–Trinajstić information content (AvgIpc) is 2.78. The van der Waals surface area contributed by atoms with E-state index in [2.05, 4.69) is 15.3 Å². The van der Waals surface area contributed by atoms with E-state index in [1.807, 2.05) is 42.5 Å². The molecule has 2 aromatic carbocycles. The van der Waals surface area contributed by atoms with Gasteiger partial charge in [0.15, 0.2) is 0 Å². The van der Waals surface area contributed by atoms with Crippen LogP contribution in [0.2, 0.25) is 0 Å². The first-order valence-corrected chi connectivity index (χ1v) is 9.09. The molecular weight excluding hydrogens is 366 g/mol. The van der Waals surface area contributed by atoms with Gasteiger partial charge in [-0.2, -0.15) is 0 Å². The molecule has 0 aliphatic carbocycles. The van der Waals surface area contributed by atoms with E-state index in [1.165, 1.54) is 7.11 Å². The number of pyridine rings is 2. The van der Waals surface area contributed by atoms with Gasteiger partial charge in [0.25, 0.3) is 0 Å². The lowest BCUT2D eigenvalue weighted by atomic mass is 9.96. The van der Waals surface area contributed by atoms with Crippen molar-refractivity contribution in [2.45, 2.75) is 6.04 Å². The van der Waals surface area contributed by atoms with E-state index in [-0.39, 0.29) is 11.8 Å². The van der Waals surface area contributed by atoms with Crippen LogP contribution in [0.4, 0.5) is 5.69 Å². The number of ether oxygens (including phenoxy) is 1. The number of aromatic hydroxyl groups is 1. The van der Waals surface area contributed by atoms with E-state index in [0.717, 1.165) is 16.6 Å². The number of rotatable bonds is 5. The van der Waals surface area contributed by atoms with Gasteiger partial charge in [0, 0.05) is 35.2 Å². The molecule has 2 aromatic heterocycles. The number of benzene rings is 2. The molecule has 2 N–H and O–H groups in total. The number of nitrogens with one attached hydrogen (secondary N) is 1. The van der Waals surface area contributed by atoms with Crippen molar-refractivity contribution in [3.63, 3.8) is 0 Å². The molecule has 4 aromatic rings. The predicted molar refractivity (Wildman–Crippen MR) is 111 cm³/mol. The van der Waals surface area contributed by atoms with E-state index in [9.17, 15) is 9.90 Å². The molecule has 2 heterocycles. The van der Waals surface area contributed by atoms with Gasteiger partial charge in [0.1, 0.15) is 11.3 Å². The third-order valence-corrected chi connectivity index (χ3v) is 4.72. The molecule has 0 aliphatic rings. The molecule has 0 aliphatic heterocycles. The zero-order valence-corrected chi connectivity index (χ0v) is 15.7. The Balaban J connectivity index is 1.80. The molecule has 0 amide bonds. The topological polar surface area (TPSA) is 84.3 Å². The number of phenolic OH excluding ortho intramolecular Hbond substituents is 1.